The van der Waals surface area contributed by atoms with Crippen LogP contribution in [0.5, 0.6) is 5.75 Å². The van der Waals surface area contributed by atoms with E-state index in [-0.39, 0.29) is 31.0 Å². The van der Waals surface area contributed by atoms with E-state index in [1.54, 1.807) is 0 Å². The fraction of sp³-hybridized carbons (Fsp3) is 0.472. The summed E-state index contributed by atoms with van der Waals surface area (Å²) in [6.45, 7) is 5.18. The van der Waals surface area contributed by atoms with Crippen molar-refractivity contribution in [3.8, 4) is 5.75 Å². The number of benzene rings is 3. The van der Waals surface area contributed by atoms with Gasteiger partial charge in [-0.15, -0.1) is 0 Å². The SMILES string of the molecule is Cc1ccc(OCc2ccccc2)cc1.O=C(N[C@@H](Cc1ccccc1)[C@H](O)CNOC1CCOCC1)OC1CO[C@H]2OCC[C@@H]12. The summed E-state index contributed by atoms with van der Waals surface area (Å²) in [7, 11) is 0. The van der Waals surface area contributed by atoms with Crippen molar-refractivity contribution in [1.82, 2.24) is 10.8 Å². The Kier molecular flexibility index (Phi) is 13.2. The van der Waals surface area contributed by atoms with Crippen molar-refractivity contribution in [2.75, 3.05) is 33.0 Å². The van der Waals surface area contributed by atoms with E-state index in [4.69, 9.17) is 28.5 Å². The molecular formula is C36H46N2O8. The molecule has 1 amide bonds. The molecule has 3 aromatic carbocycles. The van der Waals surface area contributed by atoms with Gasteiger partial charge < -0.3 is 34.1 Å². The van der Waals surface area contributed by atoms with E-state index < -0.39 is 18.2 Å². The molecule has 0 radical (unpaired) electrons. The standard InChI is InChI=1S/C22H32N2O7.C14H14O/c25-19(13-23-31-16-6-9-27-10-7-16)18(12-15-4-2-1-3-5-15)24-22(26)30-20-14-29-21-17(20)8-11-28-21;1-12-7-9-14(10-8-12)15-11-13-5-3-2-4-6-13/h1-5,16-21,23,25H,6-14H2,(H,24,26);2-10H,11H2,1H3/t17-,18-,19+,20?,21+;/m0./s1. The third-order valence-electron chi connectivity index (χ3n) is 8.29. The summed E-state index contributed by atoms with van der Waals surface area (Å²) >= 11 is 0. The molecule has 3 heterocycles. The lowest BCUT2D eigenvalue weighted by Crippen LogP contribution is -2.50. The highest BCUT2D eigenvalue weighted by Crippen LogP contribution is 2.33. The number of ether oxygens (including phenoxy) is 5. The number of hydroxylamine groups is 1. The molecule has 3 aliphatic heterocycles. The van der Waals surface area contributed by atoms with Gasteiger partial charge in [0, 0.05) is 19.8 Å². The molecule has 3 aromatic rings. The molecular weight excluding hydrogens is 588 g/mol. The number of hydrogen-bond donors (Lipinski definition) is 3. The molecule has 3 saturated heterocycles. The van der Waals surface area contributed by atoms with Crippen molar-refractivity contribution in [3.63, 3.8) is 0 Å². The van der Waals surface area contributed by atoms with Crippen molar-refractivity contribution in [1.29, 1.82) is 0 Å². The van der Waals surface area contributed by atoms with E-state index in [1.807, 2.05) is 60.7 Å². The number of nitrogens with one attached hydrogen (secondary N) is 2. The summed E-state index contributed by atoms with van der Waals surface area (Å²) in [5.41, 5.74) is 6.31. The highest BCUT2D eigenvalue weighted by Gasteiger charge is 2.44. The molecule has 0 bridgehead atoms. The molecule has 1 unspecified atom stereocenters. The van der Waals surface area contributed by atoms with Crippen molar-refractivity contribution in [2.45, 2.75) is 69.9 Å². The lowest BCUT2D eigenvalue weighted by Gasteiger charge is -2.27. The number of aryl methyl sites for hydroxylation is 1. The fourth-order valence-corrected chi connectivity index (χ4v) is 5.58. The predicted molar refractivity (Wildman–Crippen MR) is 172 cm³/mol. The first-order valence-corrected chi connectivity index (χ1v) is 16.2. The minimum absolute atomic E-state index is 0.0652. The van der Waals surface area contributed by atoms with Crippen LogP contribution >= 0.6 is 0 Å². The summed E-state index contributed by atoms with van der Waals surface area (Å²) < 4.78 is 27.6. The van der Waals surface area contributed by atoms with Crippen LogP contribution in [0.3, 0.4) is 0 Å². The lowest BCUT2D eigenvalue weighted by atomic mass is 10.0. The molecule has 10 heteroatoms. The molecule has 5 atom stereocenters. The second-order valence-corrected chi connectivity index (χ2v) is 11.8. The van der Waals surface area contributed by atoms with Crippen LogP contribution < -0.4 is 15.5 Å². The van der Waals surface area contributed by atoms with Gasteiger partial charge in [-0.05, 0) is 55.9 Å². The molecule has 10 nitrogen and oxygen atoms in total. The summed E-state index contributed by atoms with van der Waals surface area (Å²) in [5.74, 6) is 0.988. The van der Waals surface area contributed by atoms with Gasteiger partial charge in [0.1, 0.15) is 18.5 Å². The first-order valence-electron chi connectivity index (χ1n) is 16.2. The molecule has 3 fully saturated rings. The Morgan fingerprint density at radius 2 is 1.59 bits per heavy atom. The highest BCUT2D eigenvalue weighted by molar-refractivity contribution is 5.68. The molecule has 0 spiro atoms. The first kappa shape index (κ1) is 33.8. The summed E-state index contributed by atoms with van der Waals surface area (Å²) in [5, 5.41) is 13.6. The number of aliphatic hydroxyl groups excluding tert-OH is 1. The number of aliphatic hydroxyl groups is 1. The molecule has 3 aliphatic rings. The zero-order chi connectivity index (χ0) is 32.0. The van der Waals surface area contributed by atoms with Crippen LogP contribution in [0.25, 0.3) is 0 Å². The van der Waals surface area contributed by atoms with Crippen LogP contribution in [0.15, 0.2) is 84.9 Å². The van der Waals surface area contributed by atoms with Crippen LogP contribution in [0.1, 0.15) is 36.0 Å². The number of hydrogen-bond acceptors (Lipinski definition) is 9. The maximum atomic E-state index is 12.6. The van der Waals surface area contributed by atoms with E-state index in [2.05, 4.69) is 42.0 Å². The second kappa shape index (κ2) is 18.0. The number of alkyl carbamates (subject to hydrolysis) is 1. The first-order chi connectivity index (χ1) is 22.5. The van der Waals surface area contributed by atoms with Crippen LogP contribution in [-0.4, -0.2) is 74.8 Å². The molecule has 46 heavy (non-hydrogen) atoms. The largest absolute Gasteiger partial charge is 0.489 e. The lowest BCUT2D eigenvalue weighted by molar-refractivity contribution is -0.0907. The number of carbonyl (C=O) groups excluding carboxylic acids is 1. The van der Waals surface area contributed by atoms with Crippen molar-refractivity contribution < 1.29 is 38.4 Å². The smallest absolute Gasteiger partial charge is 0.407 e. The van der Waals surface area contributed by atoms with Gasteiger partial charge in [0.25, 0.3) is 0 Å². The monoisotopic (exact) mass is 634 g/mol. The Morgan fingerprint density at radius 1 is 0.891 bits per heavy atom. The van der Waals surface area contributed by atoms with Crippen LogP contribution in [0, 0.1) is 12.8 Å². The normalized spacial score (nSPS) is 22.2. The maximum Gasteiger partial charge on any atom is 0.407 e. The summed E-state index contributed by atoms with van der Waals surface area (Å²) in [6.07, 6.45) is 0.926. The van der Waals surface area contributed by atoms with Crippen molar-refractivity contribution in [3.05, 3.63) is 102 Å². The van der Waals surface area contributed by atoms with Gasteiger partial charge in [-0.25, -0.2) is 4.79 Å². The number of amides is 1. The number of fused-ring (bicyclic) bond motifs is 1. The Hall–Kier alpha value is -3.51. The molecule has 0 aromatic heterocycles. The minimum Gasteiger partial charge on any atom is -0.489 e. The Morgan fingerprint density at radius 3 is 2.30 bits per heavy atom. The van der Waals surface area contributed by atoms with Gasteiger partial charge in [0.15, 0.2) is 6.29 Å². The topological polar surface area (TPSA) is 117 Å². The number of carbonyl (C=O) groups is 1. The molecule has 248 valence electrons. The summed E-state index contributed by atoms with van der Waals surface area (Å²) in [4.78, 5) is 18.3. The van der Waals surface area contributed by atoms with Gasteiger partial charge in [-0.2, -0.15) is 5.48 Å². The van der Waals surface area contributed by atoms with Gasteiger partial charge >= 0.3 is 6.09 Å². The predicted octanol–water partition coefficient (Wildman–Crippen LogP) is 4.72. The molecule has 6 rings (SSSR count). The van der Waals surface area contributed by atoms with Crippen LogP contribution in [0.4, 0.5) is 4.79 Å². The maximum absolute atomic E-state index is 12.6. The highest BCUT2D eigenvalue weighted by atomic mass is 16.7. The average molecular weight is 635 g/mol. The Bertz CT molecular complexity index is 1290. The van der Waals surface area contributed by atoms with E-state index >= 15 is 0 Å². The van der Waals surface area contributed by atoms with E-state index in [0.717, 1.165) is 30.6 Å². The Balaban J connectivity index is 0.000000232. The van der Waals surface area contributed by atoms with E-state index in [9.17, 15) is 9.90 Å². The van der Waals surface area contributed by atoms with Gasteiger partial charge in [0.05, 0.1) is 37.4 Å². The quantitative estimate of drug-likeness (QED) is 0.244. The fourth-order valence-electron chi connectivity index (χ4n) is 5.58. The molecule has 0 aliphatic carbocycles. The van der Waals surface area contributed by atoms with Gasteiger partial charge in [0.2, 0.25) is 0 Å². The summed E-state index contributed by atoms with van der Waals surface area (Å²) in [6, 6.07) is 27.5. The van der Waals surface area contributed by atoms with E-state index in [1.165, 1.54) is 11.1 Å². The third kappa shape index (κ3) is 10.8. The third-order valence-corrected chi connectivity index (χ3v) is 8.29. The van der Waals surface area contributed by atoms with Crippen molar-refractivity contribution in [2.24, 2.45) is 5.92 Å². The van der Waals surface area contributed by atoms with Crippen LogP contribution in [0.2, 0.25) is 0 Å². The minimum atomic E-state index is -0.866. The average Bonchev–Trinajstić information content (AvgIpc) is 3.71. The van der Waals surface area contributed by atoms with Crippen LogP contribution in [-0.2, 0) is 36.8 Å². The van der Waals surface area contributed by atoms with Gasteiger partial charge in [-0.1, -0.05) is 78.4 Å². The van der Waals surface area contributed by atoms with E-state index in [0.29, 0.717) is 39.5 Å². The zero-order valence-electron chi connectivity index (χ0n) is 26.4. The van der Waals surface area contributed by atoms with Crippen molar-refractivity contribution >= 4 is 6.09 Å². The molecule has 0 saturated carbocycles. The molecule has 3 N–H and O–H groups in total. The second-order valence-electron chi connectivity index (χ2n) is 11.8. The van der Waals surface area contributed by atoms with Gasteiger partial charge in [-0.3, -0.25) is 4.84 Å². The Labute approximate surface area is 271 Å². The zero-order valence-corrected chi connectivity index (χ0v) is 26.4. The number of rotatable bonds is 12.